The zero-order valence-corrected chi connectivity index (χ0v) is 12.5. The summed E-state index contributed by atoms with van der Waals surface area (Å²) >= 11 is 3.38. The summed E-state index contributed by atoms with van der Waals surface area (Å²) in [5, 5.41) is 14.5. The van der Waals surface area contributed by atoms with E-state index in [9.17, 15) is 10.1 Å². The highest BCUT2D eigenvalue weighted by atomic mass is 79.9. The molecule has 18 heavy (non-hydrogen) atoms. The second-order valence-corrected chi connectivity index (χ2v) is 5.24. The molecule has 0 spiro atoms. The van der Waals surface area contributed by atoms with Gasteiger partial charge in [-0.1, -0.05) is 36.7 Å². The van der Waals surface area contributed by atoms with Crippen LogP contribution in [0.3, 0.4) is 0 Å². The van der Waals surface area contributed by atoms with Crippen molar-refractivity contribution >= 4 is 21.6 Å². The molecule has 100 valence electrons. The fraction of sp³-hybridized carbons (Fsp3) is 0.538. The molecule has 0 heterocycles. The molecule has 0 radical (unpaired) electrons. The van der Waals surface area contributed by atoms with Crippen LogP contribution < -0.4 is 5.32 Å². The van der Waals surface area contributed by atoms with Crippen LogP contribution in [0.5, 0.6) is 0 Å². The Labute approximate surface area is 116 Å². The highest BCUT2D eigenvalue weighted by Gasteiger charge is 2.24. The van der Waals surface area contributed by atoms with Crippen molar-refractivity contribution in [3.05, 3.63) is 38.3 Å². The normalized spacial score (nSPS) is 14.2. The van der Waals surface area contributed by atoms with Gasteiger partial charge in [0, 0.05) is 28.1 Å². The first-order chi connectivity index (χ1) is 8.51. The minimum absolute atomic E-state index is 0.104. The predicted molar refractivity (Wildman–Crippen MR) is 77.0 cm³/mol. The Kier molecular flexibility index (Phi) is 5.75. The van der Waals surface area contributed by atoms with Crippen LogP contribution in [0.1, 0.15) is 38.7 Å². The standard InChI is InChI=1S/C13H19BrN2O2/c1-4-12(15-5-2)9(3)11-8-10(14)6-7-13(11)16(17)18/h6-9,12,15H,4-5H2,1-3H3. The van der Waals surface area contributed by atoms with E-state index in [0.29, 0.717) is 0 Å². The predicted octanol–water partition coefficient (Wildman–Crippen LogP) is 3.85. The molecule has 0 saturated heterocycles. The molecule has 0 aliphatic carbocycles. The lowest BCUT2D eigenvalue weighted by molar-refractivity contribution is -0.385. The molecule has 0 aliphatic heterocycles. The third-order valence-corrected chi connectivity index (χ3v) is 3.68. The van der Waals surface area contributed by atoms with Crippen molar-refractivity contribution < 1.29 is 4.92 Å². The van der Waals surface area contributed by atoms with Crippen molar-refractivity contribution in [1.82, 2.24) is 5.32 Å². The maximum Gasteiger partial charge on any atom is 0.272 e. The van der Waals surface area contributed by atoms with Crippen LogP contribution in [0.4, 0.5) is 5.69 Å². The Morgan fingerprint density at radius 2 is 2.11 bits per heavy atom. The molecule has 1 rings (SSSR count). The van der Waals surface area contributed by atoms with Gasteiger partial charge in [0.25, 0.3) is 5.69 Å². The van der Waals surface area contributed by atoms with Crippen LogP contribution in [-0.4, -0.2) is 17.5 Å². The molecular formula is C13H19BrN2O2. The molecular weight excluding hydrogens is 296 g/mol. The summed E-state index contributed by atoms with van der Waals surface area (Å²) in [6, 6.07) is 5.38. The number of hydrogen-bond donors (Lipinski definition) is 1. The molecule has 0 saturated carbocycles. The van der Waals surface area contributed by atoms with Crippen molar-refractivity contribution in [1.29, 1.82) is 0 Å². The fourth-order valence-corrected chi connectivity index (χ4v) is 2.59. The second-order valence-electron chi connectivity index (χ2n) is 4.32. The van der Waals surface area contributed by atoms with Gasteiger partial charge in [0.05, 0.1) is 4.92 Å². The SMILES string of the molecule is CCNC(CC)C(C)c1cc(Br)ccc1[N+](=O)[O-]. The largest absolute Gasteiger partial charge is 0.314 e. The Balaban J connectivity index is 3.13. The van der Waals surface area contributed by atoms with Crippen LogP contribution in [0.25, 0.3) is 0 Å². The average molecular weight is 315 g/mol. The minimum Gasteiger partial charge on any atom is -0.314 e. The number of halogens is 1. The molecule has 0 amide bonds. The van der Waals surface area contributed by atoms with E-state index >= 15 is 0 Å². The first-order valence-electron chi connectivity index (χ1n) is 6.18. The Hall–Kier alpha value is -0.940. The van der Waals surface area contributed by atoms with E-state index in [2.05, 4.69) is 28.2 Å². The molecule has 4 nitrogen and oxygen atoms in total. The van der Waals surface area contributed by atoms with E-state index in [4.69, 9.17) is 0 Å². The highest BCUT2D eigenvalue weighted by molar-refractivity contribution is 9.10. The summed E-state index contributed by atoms with van der Waals surface area (Å²) in [5.41, 5.74) is 0.976. The zero-order chi connectivity index (χ0) is 13.7. The van der Waals surface area contributed by atoms with E-state index in [1.54, 1.807) is 12.1 Å². The van der Waals surface area contributed by atoms with Gasteiger partial charge in [-0.25, -0.2) is 0 Å². The lowest BCUT2D eigenvalue weighted by Gasteiger charge is -2.23. The summed E-state index contributed by atoms with van der Waals surface area (Å²) in [7, 11) is 0. The van der Waals surface area contributed by atoms with Gasteiger partial charge < -0.3 is 5.32 Å². The number of rotatable bonds is 6. The monoisotopic (exact) mass is 314 g/mol. The third-order valence-electron chi connectivity index (χ3n) is 3.19. The molecule has 0 fully saturated rings. The van der Waals surface area contributed by atoms with E-state index in [0.717, 1.165) is 23.0 Å². The molecule has 0 aromatic heterocycles. The van der Waals surface area contributed by atoms with Crippen molar-refractivity contribution in [2.24, 2.45) is 0 Å². The molecule has 1 aromatic carbocycles. The third kappa shape index (κ3) is 3.53. The van der Waals surface area contributed by atoms with E-state index in [1.165, 1.54) is 0 Å². The van der Waals surface area contributed by atoms with Crippen molar-refractivity contribution in [3.63, 3.8) is 0 Å². The summed E-state index contributed by atoms with van der Waals surface area (Å²) in [6.07, 6.45) is 0.943. The van der Waals surface area contributed by atoms with Gasteiger partial charge in [0.15, 0.2) is 0 Å². The average Bonchev–Trinajstić information content (AvgIpc) is 2.34. The maximum absolute atomic E-state index is 11.1. The van der Waals surface area contributed by atoms with Crippen LogP contribution >= 0.6 is 15.9 Å². The number of nitrogens with one attached hydrogen (secondary N) is 1. The van der Waals surface area contributed by atoms with E-state index in [1.807, 2.05) is 19.9 Å². The quantitative estimate of drug-likeness (QED) is 0.641. The minimum atomic E-state index is -0.309. The van der Waals surface area contributed by atoms with Gasteiger partial charge in [-0.2, -0.15) is 0 Å². The molecule has 1 aromatic rings. The summed E-state index contributed by atoms with van der Waals surface area (Å²) in [6.45, 7) is 7.04. The Morgan fingerprint density at radius 3 is 2.61 bits per heavy atom. The lowest BCUT2D eigenvalue weighted by atomic mass is 9.90. The van der Waals surface area contributed by atoms with Crippen molar-refractivity contribution in [2.75, 3.05) is 6.54 Å². The number of likely N-dealkylation sites (N-methyl/N-ethyl adjacent to an activating group) is 1. The van der Waals surface area contributed by atoms with Gasteiger partial charge in [-0.05, 0) is 25.1 Å². The smallest absolute Gasteiger partial charge is 0.272 e. The molecule has 2 unspecified atom stereocenters. The number of hydrogen-bond acceptors (Lipinski definition) is 3. The highest BCUT2D eigenvalue weighted by Crippen LogP contribution is 2.32. The van der Waals surface area contributed by atoms with E-state index in [-0.39, 0.29) is 22.6 Å². The van der Waals surface area contributed by atoms with E-state index < -0.39 is 0 Å². The molecule has 0 aliphatic rings. The Morgan fingerprint density at radius 1 is 1.44 bits per heavy atom. The van der Waals surface area contributed by atoms with Gasteiger partial charge in [-0.3, -0.25) is 10.1 Å². The molecule has 0 bridgehead atoms. The second kappa shape index (κ2) is 6.85. The zero-order valence-electron chi connectivity index (χ0n) is 10.9. The molecule has 1 N–H and O–H groups in total. The van der Waals surface area contributed by atoms with Crippen LogP contribution in [0, 0.1) is 10.1 Å². The summed E-state index contributed by atoms with van der Waals surface area (Å²) in [4.78, 5) is 10.8. The summed E-state index contributed by atoms with van der Waals surface area (Å²) in [5.74, 6) is 0.104. The topological polar surface area (TPSA) is 55.2 Å². The van der Waals surface area contributed by atoms with Crippen LogP contribution in [0.2, 0.25) is 0 Å². The molecule has 2 atom stereocenters. The molecule has 5 heteroatoms. The van der Waals surface area contributed by atoms with Gasteiger partial charge >= 0.3 is 0 Å². The van der Waals surface area contributed by atoms with Gasteiger partial charge in [0.1, 0.15) is 0 Å². The Bertz CT molecular complexity index is 423. The van der Waals surface area contributed by atoms with Gasteiger partial charge in [0.2, 0.25) is 0 Å². The summed E-state index contributed by atoms with van der Waals surface area (Å²) < 4.78 is 0.876. The number of nitrogens with zero attached hydrogens (tertiary/aromatic N) is 1. The number of nitro benzene ring substituents is 1. The number of benzene rings is 1. The van der Waals surface area contributed by atoms with Gasteiger partial charge in [-0.15, -0.1) is 0 Å². The fourth-order valence-electron chi connectivity index (χ4n) is 2.21. The lowest BCUT2D eigenvalue weighted by Crippen LogP contribution is -2.33. The van der Waals surface area contributed by atoms with Crippen molar-refractivity contribution in [2.45, 2.75) is 39.2 Å². The first-order valence-corrected chi connectivity index (χ1v) is 6.97. The van der Waals surface area contributed by atoms with Crippen LogP contribution in [-0.2, 0) is 0 Å². The van der Waals surface area contributed by atoms with Crippen molar-refractivity contribution in [3.8, 4) is 0 Å². The maximum atomic E-state index is 11.1. The first kappa shape index (κ1) is 15.1. The number of nitro groups is 1. The van der Waals surface area contributed by atoms with Crippen LogP contribution in [0.15, 0.2) is 22.7 Å².